The van der Waals surface area contributed by atoms with E-state index in [1.54, 1.807) is 19.1 Å². The quantitative estimate of drug-likeness (QED) is 0.569. The van der Waals surface area contributed by atoms with Crippen LogP contribution in [0.4, 0.5) is 0 Å². The first kappa shape index (κ1) is 22.0. The largest absolute Gasteiger partial charge is 0.479 e. The fraction of sp³-hybridized carbons (Fsp3) is 0.417. The van der Waals surface area contributed by atoms with Crippen LogP contribution in [0.2, 0.25) is 0 Å². The molecule has 4 rings (SSSR count). The van der Waals surface area contributed by atoms with Crippen LogP contribution >= 0.6 is 0 Å². The van der Waals surface area contributed by atoms with Crippen molar-refractivity contribution in [3.05, 3.63) is 71.8 Å². The molecule has 4 unspecified atom stereocenters. The maximum Gasteiger partial charge on any atom is 0.343 e. The minimum atomic E-state index is -1.14. The van der Waals surface area contributed by atoms with Crippen molar-refractivity contribution in [2.24, 2.45) is 0 Å². The summed E-state index contributed by atoms with van der Waals surface area (Å²) in [6.45, 7) is 7.87. The maximum atomic E-state index is 11.4. The topological polar surface area (TPSA) is 88.7 Å². The van der Waals surface area contributed by atoms with Gasteiger partial charge >= 0.3 is 11.9 Å². The van der Waals surface area contributed by atoms with Gasteiger partial charge in [-0.3, -0.25) is 0 Å². The van der Waals surface area contributed by atoms with Crippen LogP contribution in [0.5, 0.6) is 0 Å². The fourth-order valence-electron chi connectivity index (χ4n) is 3.75. The highest BCUT2D eigenvalue weighted by molar-refractivity contribution is 5.84. The van der Waals surface area contributed by atoms with Gasteiger partial charge in [0.05, 0.1) is 6.61 Å². The van der Waals surface area contributed by atoms with Crippen LogP contribution in [-0.2, 0) is 35.0 Å². The molecule has 0 aliphatic carbocycles. The van der Waals surface area contributed by atoms with Gasteiger partial charge in [0.15, 0.2) is 6.10 Å². The van der Waals surface area contributed by atoms with E-state index in [0.717, 1.165) is 11.1 Å². The molecule has 2 aliphatic rings. The Kier molecular flexibility index (Phi) is 6.01. The molecule has 0 saturated carbocycles. The number of esters is 1. The van der Waals surface area contributed by atoms with Crippen LogP contribution in [0.3, 0.4) is 0 Å². The number of rotatable bonds is 6. The summed E-state index contributed by atoms with van der Waals surface area (Å²) in [7, 11) is 0. The average molecular weight is 412 g/mol. The Hall–Kier alpha value is -2.70. The molecule has 4 atom stereocenters. The lowest BCUT2D eigenvalue weighted by Gasteiger charge is -2.11. The Balaban J connectivity index is 0.000000171. The number of hydrogen-bond acceptors (Lipinski definition) is 5. The standard InChI is InChI=1S/2C12H14O3/c1-3-14-11(13)10-12(2,15-10)9-7-5-4-6-8-9;1-3-11(2)12(15-11,10(13)14)9-7-5-4-6-8-9/h4-8,10H,3H2,1-2H3;4-8H,3H2,1-2H3,(H,13,14). The van der Waals surface area contributed by atoms with Gasteiger partial charge in [-0.05, 0) is 38.3 Å². The highest BCUT2D eigenvalue weighted by atomic mass is 16.7. The average Bonchev–Trinajstić information content (AvgIpc) is 3.64. The summed E-state index contributed by atoms with van der Waals surface area (Å²) in [6.07, 6.45) is 0.244. The zero-order valence-corrected chi connectivity index (χ0v) is 17.8. The van der Waals surface area contributed by atoms with Gasteiger partial charge in [0, 0.05) is 0 Å². The predicted octanol–water partition coefficient (Wildman–Crippen LogP) is 4.03. The van der Waals surface area contributed by atoms with Crippen LogP contribution in [0.25, 0.3) is 0 Å². The molecule has 0 aromatic heterocycles. The van der Waals surface area contributed by atoms with Crippen molar-refractivity contribution in [2.45, 2.75) is 57.0 Å². The molecule has 2 saturated heterocycles. The molecular weight excluding hydrogens is 384 g/mol. The number of ether oxygens (including phenoxy) is 3. The molecule has 2 aromatic carbocycles. The Labute approximate surface area is 176 Å². The first-order chi connectivity index (χ1) is 14.2. The van der Waals surface area contributed by atoms with Gasteiger partial charge in [0.2, 0.25) is 5.60 Å². The van der Waals surface area contributed by atoms with Crippen LogP contribution in [0.1, 0.15) is 45.2 Å². The first-order valence-electron chi connectivity index (χ1n) is 10.1. The molecule has 160 valence electrons. The third kappa shape index (κ3) is 3.73. The number of benzene rings is 2. The fourth-order valence-corrected chi connectivity index (χ4v) is 3.75. The summed E-state index contributed by atoms with van der Waals surface area (Å²) >= 11 is 0. The van der Waals surface area contributed by atoms with Crippen molar-refractivity contribution < 1.29 is 28.9 Å². The predicted molar refractivity (Wildman–Crippen MR) is 111 cm³/mol. The van der Waals surface area contributed by atoms with Crippen LogP contribution in [0, 0.1) is 0 Å². The van der Waals surface area contributed by atoms with Crippen molar-refractivity contribution in [1.29, 1.82) is 0 Å². The van der Waals surface area contributed by atoms with E-state index in [1.807, 2.05) is 69.3 Å². The summed E-state index contributed by atoms with van der Waals surface area (Å²) in [5.74, 6) is -1.18. The molecule has 6 nitrogen and oxygen atoms in total. The second-order valence-corrected chi connectivity index (χ2v) is 7.76. The zero-order valence-electron chi connectivity index (χ0n) is 17.8. The Morgan fingerprint density at radius 1 is 0.967 bits per heavy atom. The minimum absolute atomic E-state index is 0.274. The van der Waals surface area contributed by atoms with E-state index in [0.29, 0.717) is 13.0 Å². The summed E-state index contributed by atoms with van der Waals surface area (Å²) in [4.78, 5) is 22.8. The van der Waals surface area contributed by atoms with E-state index in [2.05, 4.69) is 0 Å². The molecule has 2 fully saturated rings. The molecule has 6 heteroatoms. The highest BCUT2D eigenvalue weighted by Gasteiger charge is 2.72. The molecular formula is C24H28O6. The van der Waals surface area contributed by atoms with Crippen molar-refractivity contribution in [3.8, 4) is 0 Å². The molecule has 0 spiro atoms. The van der Waals surface area contributed by atoms with E-state index in [4.69, 9.17) is 14.2 Å². The van der Waals surface area contributed by atoms with Crippen molar-refractivity contribution in [1.82, 2.24) is 0 Å². The smallest absolute Gasteiger partial charge is 0.343 e. The lowest BCUT2D eigenvalue weighted by molar-refractivity contribution is -0.145. The van der Waals surface area contributed by atoms with E-state index in [9.17, 15) is 14.7 Å². The highest BCUT2D eigenvalue weighted by Crippen LogP contribution is 2.57. The SMILES string of the molecule is CCC1(C)OC1(C(=O)O)c1ccccc1.CCOC(=O)C1OC1(C)c1ccccc1. The zero-order chi connectivity index (χ0) is 22.0. The molecule has 1 N–H and O–H groups in total. The summed E-state index contributed by atoms with van der Waals surface area (Å²) in [5.41, 5.74) is -0.457. The van der Waals surface area contributed by atoms with E-state index in [-0.39, 0.29) is 5.97 Å². The van der Waals surface area contributed by atoms with Gasteiger partial charge in [0.1, 0.15) is 11.2 Å². The van der Waals surface area contributed by atoms with Gasteiger partial charge in [-0.2, -0.15) is 0 Å². The Morgan fingerprint density at radius 2 is 1.50 bits per heavy atom. The first-order valence-corrected chi connectivity index (χ1v) is 10.1. The van der Waals surface area contributed by atoms with Gasteiger partial charge < -0.3 is 19.3 Å². The third-order valence-corrected chi connectivity index (χ3v) is 5.89. The molecule has 2 aliphatic heterocycles. The third-order valence-electron chi connectivity index (χ3n) is 5.89. The number of carbonyl (C=O) groups excluding carboxylic acids is 1. The lowest BCUT2D eigenvalue weighted by atomic mass is 9.86. The van der Waals surface area contributed by atoms with Gasteiger partial charge in [0.25, 0.3) is 0 Å². The van der Waals surface area contributed by atoms with Crippen LogP contribution < -0.4 is 0 Å². The molecule has 0 amide bonds. The summed E-state index contributed by atoms with van der Waals surface area (Å²) < 4.78 is 15.8. The normalized spacial score (nSPS) is 31.1. The lowest BCUT2D eigenvalue weighted by Crippen LogP contribution is -2.29. The van der Waals surface area contributed by atoms with Crippen molar-refractivity contribution in [2.75, 3.05) is 6.61 Å². The molecule has 30 heavy (non-hydrogen) atoms. The Morgan fingerprint density at radius 3 is 1.93 bits per heavy atom. The van der Waals surface area contributed by atoms with Crippen LogP contribution in [-0.4, -0.2) is 35.4 Å². The van der Waals surface area contributed by atoms with E-state index < -0.39 is 28.9 Å². The van der Waals surface area contributed by atoms with E-state index >= 15 is 0 Å². The summed E-state index contributed by atoms with van der Waals surface area (Å²) in [6, 6.07) is 18.9. The number of carbonyl (C=O) groups is 2. The van der Waals surface area contributed by atoms with Crippen molar-refractivity contribution >= 4 is 11.9 Å². The molecule has 0 radical (unpaired) electrons. The second-order valence-electron chi connectivity index (χ2n) is 7.76. The van der Waals surface area contributed by atoms with E-state index in [1.165, 1.54) is 0 Å². The maximum absolute atomic E-state index is 11.4. The number of epoxide rings is 2. The number of hydrogen-bond donors (Lipinski definition) is 1. The molecule has 2 aromatic rings. The van der Waals surface area contributed by atoms with Gasteiger partial charge in [-0.25, -0.2) is 9.59 Å². The minimum Gasteiger partial charge on any atom is -0.479 e. The molecule has 2 heterocycles. The van der Waals surface area contributed by atoms with Crippen LogP contribution in [0.15, 0.2) is 60.7 Å². The number of aliphatic carboxylic acids is 1. The molecule has 0 bridgehead atoms. The number of carboxylic acids is 1. The van der Waals surface area contributed by atoms with Crippen molar-refractivity contribution in [3.63, 3.8) is 0 Å². The van der Waals surface area contributed by atoms with Gasteiger partial charge in [-0.15, -0.1) is 0 Å². The summed E-state index contributed by atoms with van der Waals surface area (Å²) in [5, 5.41) is 9.30. The Bertz CT molecular complexity index is 898. The second kappa shape index (κ2) is 8.20. The number of carboxylic acid groups (broad SMARTS) is 1. The monoisotopic (exact) mass is 412 g/mol. The van der Waals surface area contributed by atoms with Gasteiger partial charge in [-0.1, -0.05) is 67.6 Å².